The van der Waals surface area contributed by atoms with Gasteiger partial charge in [-0.15, -0.1) is 0 Å². The van der Waals surface area contributed by atoms with Crippen LogP contribution >= 0.6 is 11.6 Å². The molecule has 0 aliphatic carbocycles. The molecular formula is C13H10ClNO2. The van der Waals surface area contributed by atoms with Crippen molar-refractivity contribution in [3.8, 4) is 5.88 Å². The van der Waals surface area contributed by atoms with E-state index >= 15 is 0 Å². The molecule has 3 nitrogen and oxygen atoms in total. The molecule has 4 heteroatoms. The van der Waals surface area contributed by atoms with Crippen molar-refractivity contribution < 1.29 is 9.53 Å². The zero-order valence-corrected chi connectivity index (χ0v) is 9.94. The second-order valence-electron chi connectivity index (χ2n) is 3.40. The number of ketones is 1. The summed E-state index contributed by atoms with van der Waals surface area (Å²) in [4.78, 5) is 16.1. The fraction of sp³-hybridized carbons (Fsp3) is 0.0769. The van der Waals surface area contributed by atoms with E-state index in [9.17, 15) is 4.79 Å². The van der Waals surface area contributed by atoms with E-state index in [1.165, 1.54) is 13.3 Å². The van der Waals surface area contributed by atoms with Crippen molar-refractivity contribution >= 4 is 17.4 Å². The maximum atomic E-state index is 12.1. The number of carbonyl (C=O) groups excluding carboxylic acids is 1. The lowest BCUT2D eigenvalue weighted by atomic mass is 10.1. The minimum absolute atomic E-state index is 0.147. The zero-order valence-electron chi connectivity index (χ0n) is 9.18. The van der Waals surface area contributed by atoms with Crippen molar-refractivity contribution in [3.63, 3.8) is 0 Å². The molecule has 0 saturated carbocycles. The fourth-order valence-electron chi connectivity index (χ4n) is 1.44. The minimum Gasteiger partial charge on any atom is -0.481 e. The Hall–Kier alpha value is -1.87. The first-order valence-corrected chi connectivity index (χ1v) is 5.39. The van der Waals surface area contributed by atoms with Gasteiger partial charge in [0.2, 0.25) is 5.88 Å². The van der Waals surface area contributed by atoms with Gasteiger partial charge in [0, 0.05) is 23.4 Å². The van der Waals surface area contributed by atoms with Crippen LogP contribution in [0.1, 0.15) is 15.9 Å². The van der Waals surface area contributed by atoms with Gasteiger partial charge in [-0.25, -0.2) is 4.98 Å². The van der Waals surface area contributed by atoms with Gasteiger partial charge >= 0.3 is 0 Å². The Morgan fingerprint density at radius 2 is 2.00 bits per heavy atom. The van der Waals surface area contributed by atoms with E-state index in [4.69, 9.17) is 16.3 Å². The molecule has 0 saturated heterocycles. The van der Waals surface area contributed by atoms with E-state index in [0.717, 1.165) is 0 Å². The van der Waals surface area contributed by atoms with Gasteiger partial charge in [-0.05, 0) is 18.2 Å². The molecule has 17 heavy (non-hydrogen) atoms. The molecule has 86 valence electrons. The van der Waals surface area contributed by atoms with Crippen molar-refractivity contribution in [3.05, 3.63) is 58.7 Å². The molecule has 0 unspecified atom stereocenters. The van der Waals surface area contributed by atoms with Crippen LogP contribution in [0.2, 0.25) is 5.02 Å². The summed E-state index contributed by atoms with van der Waals surface area (Å²) in [6.45, 7) is 0. The largest absolute Gasteiger partial charge is 0.481 e. The van der Waals surface area contributed by atoms with E-state index in [-0.39, 0.29) is 5.78 Å². The summed E-state index contributed by atoms with van der Waals surface area (Å²) in [5.41, 5.74) is 0.958. The molecule has 1 heterocycles. The molecule has 0 fully saturated rings. The fourth-order valence-corrected chi connectivity index (χ4v) is 1.66. The third kappa shape index (κ3) is 2.45. The molecule has 0 amide bonds. The number of ether oxygens (including phenoxy) is 1. The Bertz CT molecular complexity index is 537. The predicted molar refractivity (Wildman–Crippen MR) is 65.7 cm³/mol. The highest BCUT2D eigenvalue weighted by atomic mass is 35.5. The highest BCUT2D eigenvalue weighted by Crippen LogP contribution is 2.19. The SMILES string of the molecule is COc1ccc(C(=O)c2ccccc2Cl)cn1. The lowest BCUT2D eigenvalue weighted by molar-refractivity contribution is 0.103. The number of benzene rings is 1. The van der Waals surface area contributed by atoms with Crippen LogP contribution < -0.4 is 4.74 Å². The van der Waals surface area contributed by atoms with Crippen LogP contribution in [0.3, 0.4) is 0 Å². The Balaban J connectivity index is 2.34. The average Bonchev–Trinajstić information content (AvgIpc) is 2.39. The number of hydrogen-bond donors (Lipinski definition) is 0. The van der Waals surface area contributed by atoms with E-state index in [1.807, 2.05) is 0 Å². The first-order chi connectivity index (χ1) is 8.22. The van der Waals surface area contributed by atoms with Crippen LogP contribution in [-0.4, -0.2) is 17.9 Å². The van der Waals surface area contributed by atoms with Crippen LogP contribution in [0.15, 0.2) is 42.6 Å². The molecule has 0 radical (unpaired) electrons. The van der Waals surface area contributed by atoms with Crippen molar-refractivity contribution in [2.24, 2.45) is 0 Å². The third-order valence-corrected chi connectivity index (χ3v) is 2.66. The maximum Gasteiger partial charge on any atom is 0.212 e. The lowest BCUT2D eigenvalue weighted by Crippen LogP contribution is -2.02. The van der Waals surface area contributed by atoms with E-state index in [1.54, 1.807) is 36.4 Å². The number of rotatable bonds is 3. The molecule has 1 aromatic heterocycles. The first-order valence-electron chi connectivity index (χ1n) is 5.01. The summed E-state index contributed by atoms with van der Waals surface area (Å²) >= 11 is 5.96. The summed E-state index contributed by atoms with van der Waals surface area (Å²) in [5, 5.41) is 0.438. The smallest absolute Gasteiger partial charge is 0.212 e. The molecule has 0 aliphatic heterocycles. The Morgan fingerprint density at radius 1 is 1.24 bits per heavy atom. The second kappa shape index (κ2) is 4.97. The van der Waals surface area contributed by atoms with Crippen molar-refractivity contribution in [2.75, 3.05) is 7.11 Å². The molecule has 0 atom stereocenters. The summed E-state index contributed by atoms with van der Waals surface area (Å²) in [5.74, 6) is 0.325. The normalized spacial score (nSPS) is 10.0. The molecule has 2 aromatic rings. The van der Waals surface area contributed by atoms with Crippen LogP contribution in [-0.2, 0) is 0 Å². The molecular weight excluding hydrogens is 238 g/mol. The number of pyridine rings is 1. The third-order valence-electron chi connectivity index (χ3n) is 2.33. The molecule has 0 N–H and O–H groups in total. The number of hydrogen-bond acceptors (Lipinski definition) is 3. The van der Waals surface area contributed by atoms with Gasteiger partial charge in [0.15, 0.2) is 5.78 Å². The van der Waals surface area contributed by atoms with Crippen LogP contribution in [0.4, 0.5) is 0 Å². The van der Waals surface area contributed by atoms with Gasteiger partial charge in [0.25, 0.3) is 0 Å². The summed E-state index contributed by atoms with van der Waals surface area (Å²) in [6, 6.07) is 10.2. The Labute approximate surface area is 104 Å². The van der Waals surface area contributed by atoms with Gasteiger partial charge < -0.3 is 4.74 Å². The van der Waals surface area contributed by atoms with Gasteiger partial charge in [-0.3, -0.25) is 4.79 Å². The van der Waals surface area contributed by atoms with Crippen molar-refractivity contribution in [1.29, 1.82) is 0 Å². The monoisotopic (exact) mass is 247 g/mol. The van der Waals surface area contributed by atoms with Crippen LogP contribution in [0.5, 0.6) is 5.88 Å². The van der Waals surface area contributed by atoms with Crippen molar-refractivity contribution in [1.82, 2.24) is 4.98 Å². The highest BCUT2D eigenvalue weighted by molar-refractivity contribution is 6.34. The number of methoxy groups -OCH3 is 1. The Morgan fingerprint density at radius 3 is 2.59 bits per heavy atom. The lowest BCUT2D eigenvalue weighted by Gasteiger charge is -2.03. The molecule has 2 rings (SSSR count). The first kappa shape index (κ1) is 11.6. The average molecular weight is 248 g/mol. The van der Waals surface area contributed by atoms with Gasteiger partial charge in [-0.1, -0.05) is 23.7 Å². The van der Waals surface area contributed by atoms with Crippen molar-refractivity contribution in [2.45, 2.75) is 0 Å². The summed E-state index contributed by atoms with van der Waals surface area (Å²) in [6.07, 6.45) is 1.48. The number of aromatic nitrogens is 1. The standard InChI is InChI=1S/C13H10ClNO2/c1-17-12-7-6-9(8-15-12)13(16)10-4-2-3-5-11(10)14/h2-8H,1H3. The van der Waals surface area contributed by atoms with Gasteiger partial charge in [-0.2, -0.15) is 0 Å². The van der Waals surface area contributed by atoms with Crippen LogP contribution in [0.25, 0.3) is 0 Å². The maximum absolute atomic E-state index is 12.1. The second-order valence-corrected chi connectivity index (χ2v) is 3.81. The Kier molecular flexibility index (Phi) is 3.40. The summed E-state index contributed by atoms with van der Waals surface area (Å²) in [7, 11) is 1.53. The molecule has 0 spiro atoms. The van der Waals surface area contributed by atoms with Crippen LogP contribution in [0, 0.1) is 0 Å². The van der Waals surface area contributed by atoms with E-state index < -0.39 is 0 Å². The summed E-state index contributed by atoms with van der Waals surface area (Å²) < 4.78 is 4.93. The predicted octanol–water partition coefficient (Wildman–Crippen LogP) is 2.97. The van der Waals surface area contributed by atoms with E-state index in [0.29, 0.717) is 22.0 Å². The minimum atomic E-state index is -0.147. The number of halogens is 1. The van der Waals surface area contributed by atoms with E-state index in [2.05, 4.69) is 4.98 Å². The molecule has 1 aromatic carbocycles. The highest BCUT2D eigenvalue weighted by Gasteiger charge is 2.12. The quantitative estimate of drug-likeness (QED) is 0.783. The molecule has 0 aliphatic rings. The number of nitrogens with zero attached hydrogens (tertiary/aromatic N) is 1. The topological polar surface area (TPSA) is 39.2 Å². The number of carbonyl (C=O) groups is 1. The molecule has 0 bridgehead atoms. The zero-order chi connectivity index (χ0) is 12.3. The van der Waals surface area contributed by atoms with Gasteiger partial charge in [0.1, 0.15) is 0 Å². The van der Waals surface area contributed by atoms with Gasteiger partial charge in [0.05, 0.1) is 12.1 Å².